The van der Waals surface area contributed by atoms with Gasteiger partial charge >= 0.3 is 0 Å². The summed E-state index contributed by atoms with van der Waals surface area (Å²) in [5.41, 5.74) is 6.96. The Morgan fingerprint density at radius 2 is 1.93 bits per heavy atom. The lowest BCUT2D eigenvalue weighted by Gasteiger charge is -2.33. The van der Waals surface area contributed by atoms with E-state index in [-0.39, 0.29) is 17.5 Å². The van der Waals surface area contributed by atoms with Crippen molar-refractivity contribution in [3.63, 3.8) is 0 Å². The van der Waals surface area contributed by atoms with Crippen molar-refractivity contribution in [3.8, 4) is 12.3 Å². The van der Waals surface area contributed by atoms with Gasteiger partial charge in [0.15, 0.2) is 0 Å². The largest absolute Gasteiger partial charge is 0.392 e. The molecule has 3 aliphatic rings. The Bertz CT molecular complexity index is 1150. The van der Waals surface area contributed by atoms with Crippen molar-refractivity contribution in [1.29, 1.82) is 0 Å². The normalized spacial score (nSPS) is 22.1. The first kappa shape index (κ1) is 29.8. The summed E-state index contributed by atoms with van der Waals surface area (Å²) in [6, 6.07) is 7.27. The van der Waals surface area contributed by atoms with Crippen LogP contribution >= 0.6 is 11.8 Å². The number of amides is 3. The van der Waals surface area contributed by atoms with Gasteiger partial charge in [0.1, 0.15) is 21.5 Å². The molecule has 1 aromatic rings. The number of hydrogen-bond donors (Lipinski definition) is 4. The highest BCUT2D eigenvalue weighted by Crippen LogP contribution is 2.37. The molecule has 216 valence electrons. The summed E-state index contributed by atoms with van der Waals surface area (Å²) in [5, 5.41) is 9.27. The maximum absolute atomic E-state index is 13.2. The number of nitrogens with two attached hydrogens (primary N) is 1. The number of carbonyl (C=O) groups excluding carboxylic acids is 3. The molecule has 5 N–H and O–H groups in total. The molecule has 3 fully saturated rings. The van der Waals surface area contributed by atoms with Gasteiger partial charge in [-0.2, -0.15) is 0 Å². The summed E-state index contributed by atoms with van der Waals surface area (Å²) in [6.45, 7) is 6.55. The van der Waals surface area contributed by atoms with Gasteiger partial charge in [-0.15, -0.1) is 6.42 Å². The summed E-state index contributed by atoms with van der Waals surface area (Å²) in [6.07, 6.45) is 13.7. The van der Waals surface area contributed by atoms with Crippen molar-refractivity contribution in [2.24, 2.45) is 5.73 Å². The van der Waals surface area contributed by atoms with Crippen LogP contribution < -0.4 is 21.7 Å². The van der Waals surface area contributed by atoms with Crippen LogP contribution in [0.15, 0.2) is 35.0 Å². The predicted octanol–water partition coefficient (Wildman–Crippen LogP) is 2.86. The maximum Gasteiger partial charge on any atom is 0.271 e. The maximum atomic E-state index is 13.2. The number of nitrogens with one attached hydrogen (secondary N) is 3. The van der Waals surface area contributed by atoms with Gasteiger partial charge in [0.05, 0.1) is 0 Å². The fourth-order valence-corrected chi connectivity index (χ4v) is 6.83. The number of nitrogens with zero attached hydrogens (tertiary/aromatic N) is 2. The molecule has 0 unspecified atom stereocenters. The molecule has 2 saturated heterocycles. The zero-order valence-electron chi connectivity index (χ0n) is 23.5. The van der Waals surface area contributed by atoms with Crippen LogP contribution in [0.1, 0.15) is 68.6 Å². The third-order valence-corrected chi connectivity index (χ3v) is 9.24. The molecule has 1 aliphatic carbocycles. The molecule has 4 rings (SSSR count). The number of likely N-dealkylation sites (tertiary alicyclic amines) is 1. The molecule has 0 aromatic heterocycles. The van der Waals surface area contributed by atoms with E-state index in [1.807, 2.05) is 19.1 Å². The molecule has 0 spiro atoms. The zero-order chi connectivity index (χ0) is 28.5. The van der Waals surface area contributed by atoms with Gasteiger partial charge in [-0.05, 0) is 76.9 Å². The molecule has 1 atom stereocenters. The van der Waals surface area contributed by atoms with Crippen LogP contribution in [-0.2, 0) is 9.59 Å². The van der Waals surface area contributed by atoms with E-state index in [2.05, 4.69) is 26.8 Å². The van der Waals surface area contributed by atoms with Crippen molar-refractivity contribution in [1.82, 2.24) is 20.4 Å². The van der Waals surface area contributed by atoms with E-state index < -0.39 is 16.7 Å². The number of rotatable bonds is 11. The van der Waals surface area contributed by atoms with Crippen molar-refractivity contribution >= 4 is 35.2 Å². The van der Waals surface area contributed by atoms with E-state index in [0.29, 0.717) is 30.2 Å². The van der Waals surface area contributed by atoms with E-state index in [4.69, 9.17) is 12.2 Å². The SMILES string of the molecule is C#CC1(NC(=O)/C(N)=C2\S[C@H](CNc3cccc(C(=O)NCCCN4CCCC4)c3)C(=O)N2CC)CCCCC1. The second-order valence-corrected chi connectivity index (χ2v) is 12.0. The topological polar surface area (TPSA) is 120 Å². The Labute approximate surface area is 242 Å². The summed E-state index contributed by atoms with van der Waals surface area (Å²) in [7, 11) is 0. The Morgan fingerprint density at radius 3 is 2.62 bits per heavy atom. The molecular weight excluding hydrogens is 524 g/mol. The van der Waals surface area contributed by atoms with E-state index >= 15 is 0 Å². The lowest BCUT2D eigenvalue weighted by Crippen LogP contribution is -2.50. The molecule has 0 bridgehead atoms. The highest BCUT2D eigenvalue weighted by molar-refractivity contribution is 8.04. The van der Waals surface area contributed by atoms with Gasteiger partial charge in [0.2, 0.25) is 5.91 Å². The van der Waals surface area contributed by atoms with Crippen molar-refractivity contribution in [3.05, 3.63) is 40.6 Å². The molecular formula is C30H42N6O3S. The van der Waals surface area contributed by atoms with Gasteiger partial charge in [0.25, 0.3) is 11.8 Å². The van der Waals surface area contributed by atoms with Crippen LogP contribution in [-0.4, -0.2) is 77.6 Å². The predicted molar refractivity (Wildman–Crippen MR) is 160 cm³/mol. The van der Waals surface area contributed by atoms with E-state index in [9.17, 15) is 14.4 Å². The molecule has 9 nitrogen and oxygen atoms in total. The average molecular weight is 567 g/mol. The minimum atomic E-state index is -0.684. The molecule has 2 aliphatic heterocycles. The van der Waals surface area contributed by atoms with Gasteiger partial charge in [0, 0.05) is 30.9 Å². The first-order valence-corrected chi connectivity index (χ1v) is 15.4. The van der Waals surface area contributed by atoms with Gasteiger partial charge in [-0.1, -0.05) is 43.0 Å². The van der Waals surface area contributed by atoms with E-state index in [0.717, 1.165) is 63.8 Å². The molecule has 1 aromatic carbocycles. The molecule has 10 heteroatoms. The monoisotopic (exact) mass is 566 g/mol. The molecule has 3 amide bonds. The highest BCUT2D eigenvalue weighted by atomic mass is 32.2. The standard InChI is InChI=1S/C30H42N6O3S/c1-3-30(14-6-5-7-15-30)34-27(38)25(31)29-36(4-2)28(39)24(40-29)21-33-23-13-10-12-22(20-23)26(37)32-16-11-19-35-17-8-9-18-35/h1,10,12-13,20,24,33H,4-9,11,14-19,21,31H2,2H3,(H,32,37)(H,34,38)/b29-25+/t24-/m1/s1. The van der Waals surface area contributed by atoms with Gasteiger partial charge < -0.3 is 31.5 Å². The quantitative estimate of drug-likeness (QED) is 0.185. The number of terminal acetylenes is 1. The number of benzene rings is 1. The summed E-state index contributed by atoms with van der Waals surface area (Å²) in [5.74, 6) is 2.13. The lowest BCUT2D eigenvalue weighted by molar-refractivity contribution is -0.127. The second-order valence-electron chi connectivity index (χ2n) is 10.8. The zero-order valence-corrected chi connectivity index (χ0v) is 24.3. The van der Waals surface area contributed by atoms with Crippen LogP contribution in [0.5, 0.6) is 0 Å². The number of anilines is 1. The van der Waals surface area contributed by atoms with Crippen molar-refractivity contribution in [2.75, 3.05) is 44.6 Å². The summed E-state index contributed by atoms with van der Waals surface area (Å²) in [4.78, 5) is 42.9. The second kappa shape index (κ2) is 14.0. The summed E-state index contributed by atoms with van der Waals surface area (Å²) < 4.78 is 0. The third-order valence-electron chi connectivity index (χ3n) is 7.92. The fourth-order valence-electron chi connectivity index (χ4n) is 5.60. The van der Waals surface area contributed by atoms with Crippen LogP contribution in [0.3, 0.4) is 0 Å². The van der Waals surface area contributed by atoms with Gasteiger partial charge in [-0.3, -0.25) is 14.4 Å². The van der Waals surface area contributed by atoms with Crippen LogP contribution in [0.2, 0.25) is 0 Å². The smallest absolute Gasteiger partial charge is 0.271 e. The Hall–Kier alpha value is -3.16. The fraction of sp³-hybridized carbons (Fsp3) is 0.567. The van der Waals surface area contributed by atoms with Crippen LogP contribution in [0.4, 0.5) is 5.69 Å². The van der Waals surface area contributed by atoms with E-state index in [1.54, 1.807) is 17.0 Å². The van der Waals surface area contributed by atoms with Crippen molar-refractivity contribution < 1.29 is 14.4 Å². The first-order chi connectivity index (χ1) is 19.4. The lowest BCUT2D eigenvalue weighted by atomic mass is 9.82. The average Bonchev–Trinajstić information content (AvgIpc) is 3.61. The van der Waals surface area contributed by atoms with Crippen LogP contribution in [0.25, 0.3) is 0 Å². The van der Waals surface area contributed by atoms with Crippen molar-refractivity contribution in [2.45, 2.75) is 69.1 Å². The number of thioether (sulfide) groups is 1. The Balaban J connectivity index is 1.32. The molecule has 2 heterocycles. The molecule has 40 heavy (non-hydrogen) atoms. The highest BCUT2D eigenvalue weighted by Gasteiger charge is 2.39. The van der Waals surface area contributed by atoms with E-state index in [1.165, 1.54) is 24.6 Å². The Morgan fingerprint density at radius 1 is 1.18 bits per heavy atom. The van der Waals surface area contributed by atoms with Crippen LogP contribution in [0, 0.1) is 12.3 Å². The summed E-state index contributed by atoms with van der Waals surface area (Å²) >= 11 is 1.28. The molecule has 1 saturated carbocycles. The first-order valence-electron chi connectivity index (χ1n) is 14.5. The number of carbonyl (C=O) groups is 3. The Kier molecular flexibility index (Phi) is 10.4. The van der Waals surface area contributed by atoms with Gasteiger partial charge in [-0.25, -0.2) is 0 Å². The minimum Gasteiger partial charge on any atom is -0.392 e. The minimum absolute atomic E-state index is 0.0197. The number of hydrogen-bond acceptors (Lipinski definition) is 7. The third kappa shape index (κ3) is 7.32. The molecule has 0 radical (unpaired) electrons.